The van der Waals surface area contributed by atoms with Crippen LogP contribution in [0.2, 0.25) is 0 Å². The quantitative estimate of drug-likeness (QED) is 0.429. The van der Waals surface area contributed by atoms with Crippen LogP contribution in [-0.4, -0.2) is 15.2 Å². The summed E-state index contributed by atoms with van der Waals surface area (Å²) < 4.78 is 1.10. The average molecular weight is 471 g/mol. The molecule has 2 heterocycles. The second kappa shape index (κ2) is 5.81. The standard InChI is InChI=1S/C14H8N5S.Ir/c1-2-6-10-9(5-1)15-13(19-18-10)17-14-16-11-7-3-4-8-12(11)20-14;/h1-8H;/q-1;. The van der Waals surface area contributed by atoms with Crippen LogP contribution in [-0.2, 0) is 20.1 Å². The summed E-state index contributed by atoms with van der Waals surface area (Å²) in [6.07, 6.45) is 0. The zero-order valence-corrected chi connectivity index (χ0v) is 13.8. The van der Waals surface area contributed by atoms with E-state index in [0.717, 1.165) is 21.3 Å². The predicted molar refractivity (Wildman–Crippen MR) is 77.7 cm³/mol. The summed E-state index contributed by atoms with van der Waals surface area (Å²) in [5.41, 5.74) is 2.48. The van der Waals surface area contributed by atoms with Crippen LogP contribution in [0, 0.1) is 0 Å². The number of para-hydroxylation sites is 2. The summed E-state index contributed by atoms with van der Waals surface area (Å²) in [7, 11) is 0. The first-order valence-corrected chi connectivity index (χ1v) is 6.87. The van der Waals surface area contributed by atoms with Crippen molar-refractivity contribution in [2.24, 2.45) is 4.99 Å². The van der Waals surface area contributed by atoms with Gasteiger partial charge >= 0.3 is 0 Å². The molecule has 5 nitrogen and oxygen atoms in total. The molecule has 0 atom stereocenters. The first-order chi connectivity index (χ1) is 9.88. The van der Waals surface area contributed by atoms with Gasteiger partial charge in [-0.3, -0.25) is 0 Å². The zero-order chi connectivity index (χ0) is 13.4. The van der Waals surface area contributed by atoms with Gasteiger partial charge in [-0.1, -0.05) is 30.3 Å². The third-order valence-corrected chi connectivity index (χ3v) is 3.76. The van der Waals surface area contributed by atoms with Gasteiger partial charge in [0, 0.05) is 29.6 Å². The Kier molecular flexibility index (Phi) is 3.88. The van der Waals surface area contributed by atoms with Gasteiger partial charge < -0.3 is 9.98 Å². The van der Waals surface area contributed by atoms with Crippen molar-refractivity contribution in [2.75, 3.05) is 0 Å². The molecule has 1 radical (unpaired) electrons. The largest absolute Gasteiger partial charge is 0.426 e. The van der Waals surface area contributed by atoms with Gasteiger partial charge in [-0.15, -0.1) is 21.5 Å². The van der Waals surface area contributed by atoms with Crippen LogP contribution in [0.3, 0.4) is 0 Å². The molecule has 0 fully saturated rings. The Bertz CT molecular complexity index is 939. The fourth-order valence-corrected chi connectivity index (χ4v) is 2.75. The van der Waals surface area contributed by atoms with Gasteiger partial charge in [-0.05, 0) is 23.7 Å². The molecule has 21 heavy (non-hydrogen) atoms. The minimum atomic E-state index is 0. The van der Waals surface area contributed by atoms with E-state index in [9.17, 15) is 0 Å². The van der Waals surface area contributed by atoms with E-state index in [1.54, 1.807) is 0 Å². The molecule has 0 spiro atoms. The van der Waals surface area contributed by atoms with E-state index in [1.165, 1.54) is 11.3 Å². The van der Waals surface area contributed by atoms with E-state index in [0.29, 0.717) is 10.7 Å². The van der Waals surface area contributed by atoms with Gasteiger partial charge in [0.2, 0.25) is 0 Å². The molecule has 4 aromatic rings. The fraction of sp³-hybridized carbons (Fsp3) is 0. The molecule has 0 aliphatic rings. The molecule has 2 aromatic carbocycles. The van der Waals surface area contributed by atoms with Crippen LogP contribution in [0.25, 0.3) is 21.3 Å². The molecule has 0 aliphatic carbocycles. The molecule has 4 rings (SSSR count). The zero-order valence-electron chi connectivity index (χ0n) is 10.6. The van der Waals surface area contributed by atoms with Gasteiger partial charge in [-0.2, -0.15) is 0 Å². The molecule has 0 bridgehead atoms. The summed E-state index contributed by atoms with van der Waals surface area (Å²) in [6, 6.07) is 15.5. The maximum Gasteiger partial charge on any atom is 0.167 e. The van der Waals surface area contributed by atoms with E-state index < -0.39 is 0 Å². The maximum atomic E-state index is 4.43. The van der Waals surface area contributed by atoms with Crippen LogP contribution >= 0.6 is 11.3 Å². The first kappa shape index (κ1) is 14.0. The minimum absolute atomic E-state index is 0. The number of hydrogen-bond acceptors (Lipinski definition) is 5. The second-order valence-electron chi connectivity index (χ2n) is 4.18. The Balaban J connectivity index is 0.00000132. The van der Waals surface area contributed by atoms with Crippen LogP contribution < -0.4 is 9.79 Å². The van der Waals surface area contributed by atoms with Crippen molar-refractivity contribution in [1.82, 2.24) is 20.2 Å². The SMILES string of the molecule is [Ir].c1ccc2nc(/N=c3\[n-]c4ccccc4s3)nnc2c1. The number of rotatable bonds is 1. The summed E-state index contributed by atoms with van der Waals surface area (Å²) in [5.74, 6) is 0.336. The van der Waals surface area contributed by atoms with E-state index >= 15 is 0 Å². The third kappa shape index (κ3) is 2.76. The minimum Gasteiger partial charge on any atom is -0.426 e. The van der Waals surface area contributed by atoms with Gasteiger partial charge in [0.15, 0.2) is 5.95 Å². The molecule has 0 aliphatic heterocycles. The number of aromatic nitrogens is 4. The first-order valence-electron chi connectivity index (χ1n) is 6.05. The van der Waals surface area contributed by atoms with Gasteiger partial charge in [0.1, 0.15) is 5.52 Å². The van der Waals surface area contributed by atoms with Gasteiger partial charge in [-0.25, -0.2) is 4.98 Å². The smallest absolute Gasteiger partial charge is 0.167 e. The molecule has 0 unspecified atom stereocenters. The van der Waals surface area contributed by atoms with Crippen molar-refractivity contribution in [3.8, 4) is 0 Å². The van der Waals surface area contributed by atoms with Crippen LogP contribution in [0.1, 0.15) is 0 Å². The van der Waals surface area contributed by atoms with Crippen molar-refractivity contribution in [1.29, 1.82) is 0 Å². The number of benzene rings is 2. The topological polar surface area (TPSA) is 65.1 Å². The third-order valence-electron chi connectivity index (χ3n) is 2.83. The molecule has 0 amide bonds. The van der Waals surface area contributed by atoms with E-state index in [4.69, 9.17) is 0 Å². The Morgan fingerprint density at radius 2 is 1.67 bits per heavy atom. The Morgan fingerprint density at radius 1 is 0.905 bits per heavy atom. The summed E-state index contributed by atoms with van der Waals surface area (Å²) in [5, 5.41) is 8.11. The van der Waals surface area contributed by atoms with E-state index in [1.807, 2.05) is 48.5 Å². The average Bonchev–Trinajstić information content (AvgIpc) is 2.89. The van der Waals surface area contributed by atoms with Crippen molar-refractivity contribution in [3.63, 3.8) is 0 Å². The molecule has 2 aromatic heterocycles. The van der Waals surface area contributed by atoms with Gasteiger partial charge in [0.25, 0.3) is 0 Å². The van der Waals surface area contributed by atoms with Crippen LogP contribution in [0.4, 0.5) is 5.95 Å². The van der Waals surface area contributed by atoms with Crippen LogP contribution in [0.5, 0.6) is 0 Å². The van der Waals surface area contributed by atoms with E-state index in [2.05, 4.69) is 25.2 Å². The normalized spacial score (nSPS) is 11.7. The number of thiazole rings is 1. The molecular formula is C14H8IrN5S-. The van der Waals surface area contributed by atoms with Crippen molar-refractivity contribution < 1.29 is 20.1 Å². The summed E-state index contributed by atoms with van der Waals surface area (Å²) in [4.78, 5) is 13.8. The van der Waals surface area contributed by atoms with Gasteiger partial charge in [0.05, 0.1) is 5.52 Å². The fourth-order valence-electron chi connectivity index (χ4n) is 1.91. The summed E-state index contributed by atoms with van der Waals surface area (Å²) >= 11 is 1.51. The van der Waals surface area contributed by atoms with Crippen molar-refractivity contribution >= 4 is 38.5 Å². The number of nitrogens with zero attached hydrogens (tertiary/aromatic N) is 5. The molecule has 0 saturated heterocycles. The molecule has 0 N–H and O–H groups in total. The number of fused-ring (bicyclic) bond motifs is 2. The molecule has 105 valence electrons. The Morgan fingerprint density at radius 3 is 2.52 bits per heavy atom. The van der Waals surface area contributed by atoms with Crippen molar-refractivity contribution in [3.05, 3.63) is 53.3 Å². The Labute approximate surface area is 137 Å². The van der Waals surface area contributed by atoms with Crippen molar-refractivity contribution in [2.45, 2.75) is 0 Å². The summed E-state index contributed by atoms with van der Waals surface area (Å²) in [6.45, 7) is 0. The maximum absolute atomic E-state index is 4.43. The second-order valence-corrected chi connectivity index (χ2v) is 5.19. The Hall–Kier alpha value is -1.95. The molecular weight excluding hydrogens is 462 g/mol. The van der Waals surface area contributed by atoms with E-state index in [-0.39, 0.29) is 20.1 Å². The predicted octanol–water partition coefficient (Wildman–Crippen LogP) is 2.43. The van der Waals surface area contributed by atoms with Crippen LogP contribution in [0.15, 0.2) is 53.5 Å². The monoisotopic (exact) mass is 471 g/mol. The molecule has 7 heteroatoms. The molecule has 0 saturated carbocycles. The number of hydrogen-bond donors (Lipinski definition) is 0.